The minimum Gasteiger partial charge on any atom is -0.506 e. The number of nitrogens with one attached hydrogen (secondary N) is 2. The number of hydrogen-bond acceptors (Lipinski definition) is 8. The van der Waals surface area contributed by atoms with Crippen LogP contribution in [0.15, 0.2) is 29.1 Å². The van der Waals surface area contributed by atoms with Crippen molar-refractivity contribution < 1.29 is 15.3 Å². The van der Waals surface area contributed by atoms with E-state index >= 15 is 0 Å². The zero-order valence-electron chi connectivity index (χ0n) is 15.8. The summed E-state index contributed by atoms with van der Waals surface area (Å²) >= 11 is 0. The van der Waals surface area contributed by atoms with Crippen molar-refractivity contribution in [1.82, 2.24) is 14.9 Å². The fourth-order valence-corrected chi connectivity index (χ4v) is 3.70. The maximum atomic E-state index is 12.4. The van der Waals surface area contributed by atoms with Crippen LogP contribution in [0.1, 0.15) is 12.1 Å². The number of hydrogen-bond donors (Lipinski definition) is 6. The number of aromatic hydroxyl groups is 2. The molecule has 0 aliphatic rings. The number of aliphatic hydroxyl groups excluding tert-OH is 1. The predicted octanol–water partition coefficient (Wildman–Crippen LogP) is 0.692. The van der Waals surface area contributed by atoms with E-state index in [2.05, 4.69) is 15.7 Å². The molecule has 2 aromatic heterocycles. The Hall–Kier alpha value is -3.14. The van der Waals surface area contributed by atoms with Crippen molar-refractivity contribution in [3.63, 3.8) is 0 Å². The van der Waals surface area contributed by atoms with E-state index in [1.54, 1.807) is 6.07 Å². The molecule has 0 unspecified atom stereocenters. The van der Waals surface area contributed by atoms with Gasteiger partial charge in [0.15, 0.2) is 5.43 Å². The molecule has 7 N–H and O–H groups in total. The number of benzene rings is 2. The highest BCUT2D eigenvalue weighted by molar-refractivity contribution is 6.13. The molecule has 0 aliphatic heterocycles. The highest BCUT2D eigenvalue weighted by Crippen LogP contribution is 2.40. The van der Waals surface area contributed by atoms with Crippen LogP contribution in [0.3, 0.4) is 0 Å². The zero-order chi connectivity index (χ0) is 20.5. The van der Waals surface area contributed by atoms with Crippen LogP contribution in [0.25, 0.3) is 27.2 Å². The largest absolute Gasteiger partial charge is 0.506 e. The van der Waals surface area contributed by atoms with E-state index in [1.165, 1.54) is 16.6 Å². The fourth-order valence-electron chi connectivity index (χ4n) is 3.70. The summed E-state index contributed by atoms with van der Waals surface area (Å²) in [6.07, 6.45) is 0.788. The minimum atomic E-state index is -0.394. The van der Waals surface area contributed by atoms with Crippen LogP contribution in [-0.2, 0) is 6.54 Å². The molecular formula is C20H23N5O4. The number of pyridine rings is 1. The monoisotopic (exact) mass is 397 g/mol. The van der Waals surface area contributed by atoms with Gasteiger partial charge in [0.1, 0.15) is 17.0 Å². The number of aromatic nitrogens is 2. The smallest absolute Gasteiger partial charge is 0.192 e. The second-order valence-electron chi connectivity index (χ2n) is 6.87. The van der Waals surface area contributed by atoms with Crippen molar-refractivity contribution in [1.29, 1.82) is 0 Å². The molecule has 4 rings (SSSR count). The third-order valence-corrected chi connectivity index (χ3v) is 5.00. The Labute approximate surface area is 165 Å². The van der Waals surface area contributed by atoms with E-state index in [0.29, 0.717) is 42.8 Å². The molecule has 0 amide bonds. The SMILES string of the molecule is NCCCNc1ccc2c(O)c3c(=O)ccc(O)c3n3nc(CNCCO)c1c23. The number of phenols is 1. The third-order valence-electron chi connectivity index (χ3n) is 5.00. The van der Waals surface area contributed by atoms with Crippen molar-refractivity contribution in [2.24, 2.45) is 5.73 Å². The Morgan fingerprint density at radius 3 is 2.66 bits per heavy atom. The van der Waals surface area contributed by atoms with Crippen molar-refractivity contribution in [3.8, 4) is 11.5 Å². The topological polar surface area (TPSA) is 145 Å². The molecule has 0 radical (unpaired) electrons. The average Bonchev–Trinajstić information content (AvgIpc) is 3.09. The zero-order valence-corrected chi connectivity index (χ0v) is 15.8. The van der Waals surface area contributed by atoms with E-state index in [4.69, 9.17) is 10.8 Å². The molecular weight excluding hydrogens is 374 g/mol. The van der Waals surface area contributed by atoms with Crippen LogP contribution in [0, 0.1) is 0 Å². The molecule has 9 heteroatoms. The third kappa shape index (κ3) is 3.09. The average molecular weight is 397 g/mol. The molecule has 0 aliphatic carbocycles. The van der Waals surface area contributed by atoms with Gasteiger partial charge in [-0.15, -0.1) is 0 Å². The Bertz CT molecular complexity index is 1240. The van der Waals surface area contributed by atoms with Gasteiger partial charge in [0.2, 0.25) is 0 Å². The second kappa shape index (κ2) is 7.70. The van der Waals surface area contributed by atoms with E-state index in [1.807, 2.05) is 6.07 Å². The Morgan fingerprint density at radius 2 is 1.90 bits per heavy atom. The molecule has 0 atom stereocenters. The molecule has 4 aromatic rings. The van der Waals surface area contributed by atoms with Crippen LogP contribution in [-0.4, -0.2) is 51.2 Å². The summed E-state index contributed by atoms with van der Waals surface area (Å²) in [6, 6.07) is 6.10. The van der Waals surface area contributed by atoms with Crippen molar-refractivity contribution >= 4 is 32.9 Å². The summed E-state index contributed by atoms with van der Waals surface area (Å²) in [5, 5.41) is 42.7. The number of nitrogens with two attached hydrogens (primary N) is 1. The molecule has 0 bridgehead atoms. The van der Waals surface area contributed by atoms with Gasteiger partial charge in [0.25, 0.3) is 0 Å². The normalized spacial score (nSPS) is 11.8. The number of rotatable bonds is 8. The highest BCUT2D eigenvalue weighted by Gasteiger charge is 2.23. The van der Waals surface area contributed by atoms with Crippen molar-refractivity contribution in [2.75, 3.05) is 31.6 Å². The lowest BCUT2D eigenvalue weighted by Crippen LogP contribution is -2.18. The Morgan fingerprint density at radius 1 is 1.07 bits per heavy atom. The van der Waals surface area contributed by atoms with Gasteiger partial charge >= 0.3 is 0 Å². The first-order chi connectivity index (χ1) is 14.1. The van der Waals surface area contributed by atoms with Gasteiger partial charge < -0.3 is 31.7 Å². The van der Waals surface area contributed by atoms with Gasteiger partial charge in [-0.25, -0.2) is 4.52 Å². The molecule has 0 saturated carbocycles. The summed E-state index contributed by atoms with van der Waals surface area (Å²) in [5.74, 6) is -0.320. The number of phenolic OH excluding ortho intramolecular Hbond substituents is 1. The van der Waals surface area contributed by atoms with E-state index in [-0.39, 0.29) is 29.0 Å². The van der Waals surface area contributed by atoms with Crippen LogP contribution in [0.5, 0.6) is 11.5 Å². The predicted molar refractivity (Wildman–Crippen MR) is 112 cm³/mol. The number of nitrogens with zero attached hydrogens (tertiary/aromatic N) is 2. The van der Waals surface area contributed by atoms with Gasteiger partial charge in [-0.1, -0.05) is 0 Å². The molecule has 2 heterocycles. The van der Waals surface area contributed by atoms with Crippen LogP contribution < -0.4 is 21.8 Å². The van der Waals surface area contributed by atoms with Gasteiger partial charge in [-0.05, 0) is 37.2 Å². The van der Waals surface area contributed by atoms with E-state index in [0.717, 1.165) is 17.5 Å². The van der Waals surface area contributed by atoms with E-state index < -0.39 is 5.43 Å². The number of anilines is 1. The maximum Gasteiger partial charge on any atom is 0.192 e. The highest BCUT2D eigenvalue weighted by atomic mass is 16.3. The summed E-state index contributed by atoms with van der Waals surface area (Å²) in [5.41, 5.74) is 7.46. The summed E-state index contributed by atoms with van der Waals surface area (Å²) < 4.78 is 1.51. The standard InChI is InChI=1S/C20H23N5O4/c21-6-1-7-23-12-3-2-11-18-16(12)13(10-22-8-9-26)24-25(18)19-15(28)5-4-14(27)17(19)20(11)29/h2-5,22-23,26,28-29H,1,6-10,21H2. The van der Waals surface area contributed by atoms with Crippen molar-refractivity contribution in [2.45, 2.75) is 13.0 Å². The van der Waals surface area contributed by atoms with Gasteiger partial charge in [0.05, 0.1) is 23.2 Å². The summed E-state index contributed by atoms with van der Waals surface area (Å²) in [7, 11) is 0. The lowest BCUT2D eigenvalue weighted by atomic mass is 10.0. The molecule has 0 spiro atoms. The molecule has 0 saturated heterocycles. The van der Waals surface area contributed by atoms with Gasteiger partial charge in [-0.3, -0.25) is 4.79 Å². The van der Waals surface area contributed by atoms with Crippen LogP contribution in [0.4, 0.5) is 5.69 Å². The van der Waals surface area contributed by atoms with E-state index in [9.17, 15) is 15.0 Å². The number of fused-ring (bicyclic) bond motifs is 2. The quantitative estimate of drug-likeness (QED) is 0.188. The van der Waals surface area contributed by atoms with Crippen LogP contribution in [0.2, 0.25) is 0 Å². The summed E-state index contributed by atoms with van der Waals surface area (Å²) in [6.45, 7) is 1.98. The first kappa shape index (κ1) is 19.2. The van der Waals surface area contributed by atoms with Gasteiger partial charge in [-0.2, -0.15) is 5.10 Å². The lowest BCUT2D eigenvalue weighted by Gasteiger charge is -2.12. The Kier molecular flexibility index (Phi) is 5.10. The lowest BCUT2D eigenvalue weighted by molar-refractivity contribution is 0.291. The molecule has 2 aromatic carbocycles. The van der Waals surface area contributed by atoms with Crippen LogP contribution >= 0.6 is 0 Å². The molecule has 9 nitrogen and oxygen atoms in total. The van der Waals surface area contributed by atoms with Crippen molar-refractivity contribution in [3.05, 3.63) is 40.2 Å². The molecule has 0 fully saturated rings. The molecule has 29 heavy (non-hydrogen) atoms. The summed E-state index contributed by atoms with van der Waals surface area (Å²) in [4.78, 5) is 12.4. The first-order valence-corrected chi connectivity index (χ1v) is 9.48. The maximum absolute atomic E-state index is 12.4. The minimum absolute atomic E-state index is 0.0107. The van der Waals surface area contributed by atoms with Gasteiger partial charge in [0, 0.05) is 36.1 Å². The molecule has 152 valence electrons. The first-order valence-electron chi connectivity index (χ1n) is 9.48. The second-order valence-corrected chi connectivity index (χ2v) is 6.87. The number of aliphatic hydroxyl groups is 1. The fraction of sp³-hybridized carbons (Fsp3) is 0.300. The Balaban J connectivity index is 2.06.